The molecule has 2 amide bonds. The van der Waals surface area contributed by atoms with Crippen LogP contribution >= 0.6 is 0 Å². The summed E-state index contributed by atoms with van der Waals surface area (Å²) in [5.74, 6) is -1.45. The van der Waals surface area contributed by atoms with Gasteiger partial charge in [0.15, 0.2) is 5.65 Å². The third kappa shape index (κ3) is 4.67. The van der Waals surface area contributed by atoms with Crippen molar-refractivity contribution in [3.8, 4) is 0 Å². The molecule has 11 heteroatoms. The second-order valence-electron chi connectivity index (χ2n) is 6.64. The van der Waals surface area contributed by atoms with Gasteiger partial charge in [0.2, 0.25) is 5.91 Å². The van der Waals surface area contributed by atoms with Gasteiger partial charge in [0, 0.05) is 23.0 Å². The van der Waals surface area contributed by atoms with Gasteiger partial charge < -0.3 is 10.6 Å². The SMILES string of the molecule is Cc1nc2cc(=O)[nH]n2c(C)c1CC(=O)Nc1ccccc1C(=O)NCC(F)(F)F. The van der Waals surface area contributed by atoms with Crippen molar-refractivity contribution in [2.75, 3.05) is 11.9 Å². The van der Waals surface area contributed by atoms with Crippen LogP contribution in [0.25, 0.3) is 5.65 Å². The minimum atomic E-state index is -4.55. The van der Waals surface area contributed by atoms with Crippen LogP contribution in [0.1, 0.15) is 27.3 Å². The fraction of sp³-hybridized carbons (Fsp3) is 0.263. The number of alkyl halides is 3. The molecule has 0 unspecified atom stereocenters. The lowest BCUT2D eigenvalue weighted by molar-refractivity contribution is -0.123. The van der Waals surface area contributed by atoms with E-state index in [1.165, 1.54) is 28.8 Å². The zero-order valence-corrected chi connectivity index (χ0v) is 16.1. The Hall–Kier alpha value is -3.63. The number of nitrogens with one attached hydrogen (secondary N) is 3. The molecule has 8 nitrogen and oxygen atoms in total. The second-order valence-corrected chi connectivity index (χ2v) is 6.64. The largest absolute Gasteiger partial charge is 0.405 e. The molecule has 0 saturated heterocycles. The van der Waals surface area contributed by atoms with Gasteiger partial charge in [0.25, 0.3) is 11.5 Å². The van der Waals surface area contributed by atoms with E-state index in [-0.39, 0.29) is 23.2 Å². The first kappa shape index (κ1) is 21.1. The van der Waals surface area contributed by atoms with E-state index in [4.69, 9.17) is 0 Å². The number of H-pyrrole nitrogens is 1. The molecule has 0 radical (unpaired) electrons. The Bertz CT molecular complexity index is 1180. The standard InChI is InChI=1S/C19H18F3N5O3/c1-10-13(11(2)27-15(24-10)8-17(29)26-27)7-16(28)25-14-6-4-3-5-12(14)18(30)23-9-19(20,21)22/h3-6,8H,7,9H2,1-2H3,(H,23,30)(H,25,28)(H,26,29). The molecule has 3 rings (SSSR count). The molecule has 3 N–H and O–H groups in total. The highest BCUT2D eigenvalue weighted by atomic mass is 19.4. The molecule has 1 aromatic carbocycles. The monoisotopic (exact) mass is 421 g/mol. The van der Waals surface area contributed by atoms with E-state index in [2.05, 4.69) is 15.4 Å². The average molecular weight is 421 g/mol. The van der Waals surface area contributed by atoms with Crippen LogP contribution in [0.4, 0.5) is 18.9 Å². The Labute approximate surface area is 168 Å². The van der Waals surface area contributed by atoms with Crippen LogP contribution in [0, 0.1) is 13.8 Å². The maximum Gasteiger partial charge on any atom is 0.405 e. The van der Waals surface area contributed by atoms with Crippen molar-refractivity contribution in [3.05, 3.63) is 63.2 Å². The van der Waals surface area contributed by atoms with Gasteiger partial charge in [-0.1, -0.05) is 12.1 Å². The van der Waals surface area contributed by atoms with Crippen LogP contribution in [0.2, 0.25) is 0 Å². The van der Waals surface area contributed by atoms with Crippen molar-refractivity contribution in [2.24, 2.45) is 0 Å². The number of carbonyl (C=O) groups excluding carboxylic acids is 2. The minimum absolute atomic E-state index is 0.0842. The maximum absolute atomic E-state index is 12.6. The van der Waals surface area contributed by atoms with E-state index in [1.807, 2.05) is 0 Å². The van der Waals surface area contributed by atoms with Crippen molar-refractivity contribution < 1.29 is 22.8 Å². The fourth-order valence-electron chi connectivity index (χ4n) is 3.03. The number of rotatable bonds is 5. The first-order valence-corrected chi connectivity index (χ1v) is 8.87. The summed E-state index contributed by atoms with van der Waals surface area (Å²) in [6.45, 7) is 1.94. The number of anilines is 1. The smallest absolute Gasteiger partial charge is 0.343 e. The summed E-state index contributed by atoms with van der Waals surface area (Å²) in [7, 11) is 0. The van der Waals surface area contributed by atoms with Gasteiger partial charge in [-0.05, 0) is 26.0 Å². The summed E-state index contributed by atoms with van der Waals surface area (Å²) in [6, 6.07) is 7.10. The zero-order valence-electron chi connectivity index (χ0n) is 16.1. The van der Waals surface area contributed by atoms with Gasteiger partial charge >= 0.3 is 6.18 Å². The van der Waals surface area contributed by atoms with E-state index in [1.54, 1.807) is 25.2 Å². The third-order valence-electron chi connectivity index (χ3n) is 4.43. The topological polar surface area (TPSA) is 108 Å². The summed E-state index contributed by atoms with van der Waals surface area (Å²) < 4.78 is 38.5. The number of benzene rings is 1. The number of fused-ring (bicyclic) bond motifs is 1. The van der Waals surface area contributed by atoms with Gasteiger partial charge in [-0.25, -0.2) is 9.50 Å². The molecule has 0 spiro atoms. The van der Waals surface area contributed by atoms with Gasteiger partial charge in [-0.2, -0.15) is 13.2 Å². The molecule has 30 heavy (non-hydrogen) atoms. The van der Waals surface area contributed by atoms with Crippen molar-refractivity contribution >= 4 is 23.1 Å². The minimum Gasteiger partial charge on any atom is -0.343 e. The highest BCUT2D eigenvalue weighted by Gasteiger charge is 2.28. The second kappa shape index (κ2) is 8.01. The van der Waals surface area contributed by atoms with E-state index in [0.717, 1.165) is 0 Å². The van der Waals surface area contributed by atoms with Gasteiger partial charge in [0.05, 0.1) is 17.7 Å². The van der Waals surface area contributed by atoms with E-state index >= 15 is 0 Å². The summed E-state index contributed by atoms with van der Waals surface area (Å²) in [4.78, 5) is 40.5. The number of amides is 2. The Balaban J connectivity index is 1.80. The molecule has 3 aromatic rings. The molecule has 158 valence electrons. The number of aromatic nitrogens is 3. The van der Waals surface area contributed by atoms with Gasteiger partial charge in [0.1, 0.15) is 6.54 Å². The predicted molar refractivity (Wildman–Crippen MR) is 102 cm³/mol. The van der Waals surface area contributed by atoms with Crippen LogP contribution in [-0.4, -0.2) is 39.1 Å². The fourth-order valence-corrected chi connectivity index (χ4v) is 3.03. The molecule has 0 atom stereocenters. The molecule has 0 aliphatic rings. The number of nitrogens with zero attached hydrogens (tertiary/aromatic N) is 2. The number of aryl methyl sites for hydroxylation is 2. The highest BCUT2D eigenvalue weighted by molar-refractivity contribution is 6.04. The van der Waals surface area contributed by atoms with Crippen LogP contribution in [-0.2, 0) is 11.2 Å². The molecular weight excluding hydrogens is 403 g/mol. The summed E-state index contributed by atoms with van der Waals surface area (Å²) in [5, 5.41) is 6.93. The van der Waals surface area contributed by atoms with Gasteiger partial charge in [-0.15, -0.1) is 0 Å². The number of carbonyl (C=O) groups is 2. The third-order valence-corrected chi connectivity index (χ3v) is 4.43. The molecule has 0 aliphatic carbocycles. The van der Waals surface area contributed by atoms with Gasteiger partial charge in [-0.3, -0.25) is 19.5 Å². The van der Waals surface area contributed by atoms with E-state index in [9.17, 15) is 27.6 Å². The summed E-state index contributed by atoms with van der Waals surface area (Å²) >= 11 is 0. The lowest BCUT2D eigenvalue weighted by atomic mass is 10.1. The lowest BCUT2D eigenvalue weighted by Crippen LogP contribution is -2.34. The quantitative estimate of drug-likeness (QED) is 0.586. The first-order valence-electron chi connectivity index (χ1n) is 8.87. The van der Waals surface area contributed by atoms with Crippen molar-refractivity contribution in [3.63, 3.8) is 0 Å². The maximum atomic E-state index is 12.6. The Morgan fingerprint density at radius 2 is 1.90 bits per heavy atom. The van der Waals surface area contributed by atoms with E-state index in [0.29, 0.717) is 22.6 Å². The highest BCUT2D eigenvalue weighted by Crippen LogP contribution is 2.19. The zero-order chi connectivity index (χ0) is 22.1. The summed E-state index contributed by atoms with van der Waals surface area (Å²) in [5.41, 5.74) is 1.83. The summed E-state index contributed by atoms with van der Waals surface area (Å²) in [6.07, 6.45) is -4.66. The first-order chi connectivity index (χ1) is 14.0. The van der Waals surface area contributed by atoms with Crippen molar-refractivity contribution in [1.29, 1.82) is 0 Å². The Kier molecular flexibility index (Phi) is 5.63. The number of aromatic amines is 1. The molecule has 2 aromatic heterocycles. The Morgan fingerprint density at radius 3 is 2.60 bits per heavy atom. The predicted octanol–water partition coefficient (Wildman–Crippen LogP) is 2.11. The Morgan fingerprint density at radius 1 is 1.20 bits per heavy atom. The van der Waals surface area contributed by atoms with Crippen molar-refractivity contribution in [2.45, 2.75) is 26.4 Å². The lowest BCUT2D eigenvalue weighted by Gasteiger charge is -2.14. The molecule has 2 heterocycles. The van der Waals surface area contributed by atoms with Crippen molar-refractivity contribution in [1.82, 2.24) is 19.9 Å². The molecule has 0 fully saturated rings. The number of hydrogen-bond acceptors (Lipinski definition) is 4. The normalized spacial score (nSPS) is 11.5. The molecular formula is C19H18F3N5O3. The van der Waals surface area contributed by atoms with Crippen LogP contribution in [0.15, 0.2) is 35.1 Å². The number of halogens is 3. The van der Waals surface area contributed by atoms with Crippen LogP contribution in [0.3, 0.4) is 0 Å². The molecule has 0 saturated carbocycles. The molecule has 0 bridgehead atoms. The van der Waals surface area contributed by atoms with Crippen LogP contribution < -0.4 is 16.2 Å². The van der Waals surface area contributed by atoms with E-state index < -0.39 is 24.5 Å². The average Bonchev–Trinajstić information content (AvgIpc) is 3.03. The molecule has 0 aliphatic heterocycles. The van der Waals surface area contributed by atoms with Crippen LogP contribution in [0.5, 0.6) is 0 Å². The number of para-hydroxylation sites is 1. The number of hydrogen-bond donors (Lipinski definition) is 3.